The van der Waals surface area contributed by atoms with Crippen LogP contribution < -0.4 is 10.4 Å². The van der Waals surface area contributed by atoms with E-state index in [1.807, 2.05) is 11.3 Å². The van der Waals surface area contributed by atoms with Crippen molar-refractivity contribution in [3.63, 3.8) is 0 Å². The van der Waals surface area contributed by atoms with Gasteiger partial charge < -0.3 is 0 Å². The van der Waals surface area contributed by atoms with Crippen LogP contribution in [0.1, 0.15) is 36.8 Å². The molecule has 0 N–H and O–H groups in total. The molecule has 7 unspecified atom stereocenters. The van der Waals surface area contributed by atoms with Crippen molar-refractivity contribution in [3.8, 4) is 89.8 Å². The number of fused-ring (bicyclic) bond motifs is 5. The molecule has 0 radical (unpaired) electrons. The monoisotopic (exact) mass is 861 g/mol. The van der Waals surface area contributed by atoms with E-state index in [4.69, 9.17) is 15.0 Å². The summed E-state index contributed by atoms with van der Waals surface area (Å²) in [5, 5.41) is 3.50. The zero-order valence-electron chi connectivity index (χ0n) is 37.0. The lowest BCUT2D eigenvalue weighted by Gasteiger charge is -2.69. The van der Waals surface area contributed by atoms with Crippen molar-refractivity contribution in [1.82, 2.24) is 15.0 Å². The van der Waals surface area contributed by atoms with Crippen molar-refractivity contribution in [1.29, 1.82) is 0 Å². The normalized spacial score (nSPS) is 25.1. The lowest BCUT2D eigenvalue weighted by atomic mass is 9.42. The predicted octanol–water partition coefficient (Wildman–Crippen LogP) is 13.8. The molecule has 7 aliphatic rings. The van der Waals surface area contributed by atoms with E-state index in [0.29, 0.717) is 17.5 Å². The summed E-state index contributed by atoms with van der Waals surface area (Å²) in [5.74, 6) is 5.33. The molecule has 4 fully saturated rings. The molecular weight excluding hydrogens is 815 g/mol. The average molecular weight is 862 g/mol. The highest BCUT2D eigenvalue weighted by atomic mass is 28.3. The third-order valence-corrected chi connectivity index (χ3v) is 22.8. The van der Waals surface area contributed by atoms with Crippen molar-refractivity contribution in [3.05, 3.63) is 199 Å². The molecule has 16 rings (SSSR count). The third kappa shape index (κ3) is 4.90. The standard InChI is InChI=1S/C62H47N3Si/c1-66-55-29-25-43(36-52(55)49-28-27-48-47-22-11-12-23-53(47)62(56(48)58(49)66)46-31-37-30-45(34-46)57(66)54(62)32-37)41-20-13-21-44(33-41)60-63-59(40-18-9-4-10-19-40)64-61(65-60)50-26-24-42(38-14-5-2-6-15-38)35-51(50)39-16-7-3-8-17-39/h2-29,33,35-37,45-46,54,57H,30-32,34H2,1H3. The summed E-state index contributed by atoms with van der Waals surface area (Å²) in [4.78, 5) is 15.8. The molecule has 3 heterocycles. The van der Waals surface area contributed by atoms with Gasteiger partial charge in [-0.15, -0.1) is 0 Å². The van der Waals surface area contributed by atoms with Gasteiger partial charge >= 0.3 is 0 Å². The maximum absolute atomic E-state index is 5.35. The fourth-order valence-electron chi connectivity index (χ4n) is 15.3. The molecule has 2 aliphatic heterocycles. The van der Waals surface area contributed by atoms with Crippen molar-refractivity contribution in [2.24, 2.45) is 23.7 Å². The van der Waals surface area contributed by atoms with Gasteiger partial charge in [0.2, 0.25) is 0 Å². The van der Waals surface area contributed by atoms with Crippen LogP contribution in [0.5, 0.6) is 0 Å². The Morgan fingerprint density at radius 1 is 0.424 bits per heavy atom. The van der Waals surface area contributed by atoms with Gasteiger partial charge in [-0.1, -0.05) is 170 Å². The highest BCUT2D eigenvalue weighted by Crippen LogP contribution is 2.76. The maximum atomic E-state index is 5.35. The molecule has 1 spiro atoms. The van der Waals surface area contributed by atoms with Crippen LogP contribution >= 0.6 is 0 Å². The highest BCUT2D eigenvalue weighted by Gasteiger charge is 2.73. The van der Waals surface area contributed by atoms with Crippen molar-refractivity contribution in [2.45, 2.75) is 43.2 Å². The summed E-state index contributed by atoms with van der Waals surface area (Å²) in [6, 6.07) is 69.4. The first-order valence-electron chi connectivity index (χ1n) is 24.2. The molecule has 314 valence electrons. The Labute approximate surface area is 387 Å². The SMILES string of the molecule is C[Si]12c3ccc(-c4cccc(-c5nc(-c6ccccc6)nc(-c6ccc(-c7ccccc7)cc6-c6ccccc6)n5)c4)cc3-c3ccc4c(c31)C1(c3ccccc3-4)C3CC4CC(C3)C2C1C4. The molecular formula is C62H47N3Si. The van der Waals surface area contributed by atoms with Crippen molar-refractivity contribution >= 4 is 18.4 Å². The Kier molecular flexibility index (Phi) is 7.63. The first-order valence-corrected chi connectivity index (χ1v) is 26.7. The maximum Gasteiger partial charge on any atom is 0.164 e. The van der Waals surface area contributed by atoms with Crippen LogP contribution in [0.3, 0.4) is 0 Å². The molecule has 3 nitrogen and oxygen atoms in total. The van der Waals surface area contributed by atoms with Crippen molar-refractivity contribution in [2.75, 3.05) is 0 Å². The lowest BCUT2D eigenvalue weighted by molar-refractivity contribution is -0.0432. The Morgan fingerprint density at radius 3 is 1.85 bits per heavy atom. The summed E-state index contributed by atoms with van der Waals surface area (Å²) in [6.45, 7) is 2.80. The molecule has 7 atom stereocenters. The van der Waals surface area contributed by atoms with E-state index in [2.05, 4.69) is 189 Å². The van der Waals surface area contributed by atoms with Crippen LogP contribution in [0.4, 0.5) is 0 Å². The minimum absolute atomic E-state index is 0.203. The summed E-state index contributed by atoms with van der Waals surface area (Å²) in [7, 11) is -2.11. The first-order chi connectivity index (χ1) is 32.6. The van der Waals surface area contributed by atoms with Crippen LogP contribution in [0, 0.1) is 23.7 Å². The van der Waals surface area contributed by atoms with E-state index in [1.165, 1.54) is 59.1 Å². The molecule has 0 amide bonds. The molecule has 8 aromatic carbocycles. The summed E-state index contributed by atoms with van der Waals surface area (Å²) in [5.41, 5.74) is 20.5. The van der Waals surface area contributed by atoms with E-state index in [0.717, 1.165) is 62.6 Å². The quantitative estimate of drug-likeness (QED) is 0.156. The zero-order valence-corrected chi connectivity index (χ0v) is 38.0. The summed E-state index contributed by atoms with van der Waals surface area (Å²) < 4.78 is 0. The van der Waals surface area contributed by atoms with Gasteiger partial charge in [0.25, 0.3) is 0 Å². The van der Waals surface area contributed by atoms with Gasteiger partial charge in [0.1, 0.15) is 8.07 Å². The van der Waals surface area contributed by atoms with E-state index >= 15 is 0 Å². The van der Waals surface area contributed by atoms with Gasteiger partial charge in [0.05, 0.1) is 0 Å². The van der Waals surface area contributed by atoms with Crippen LogP contribution in [0.2, 0.25) is 12.1 Å². The third-order valence-electron chi connectivity index (χ3n) is 17.5. The molecule has 66 heavy (non-hydrogen) atoms. The molecule has 4 heteroatoms. The van der Waals surface area contributed by atoms with Crippen LogP contribution in [0.15, 0.2) is 188 Å². The molecule has 4 saturated carbocycles. The fraction of sp³-hybridized carbons (Fsp3) is 0.177. The smallest absolute Gasteiger partial charge is 0.164 e. The topological polar surface area (TPSA) is 38.7 Å². The van der Waals surface area contributed by atoms with Gasteiger partial charge in [-0.05, 0) is 156 Å². The second-order valence-corrected chi connectivity index (χ2v) is 24.5. The Balaban J connectivity index is 0.878. The molecule has 9 aromatic rings. The molecule has 5 aliphatic carbocycles. The zero-order chi connectivity index (χ0) is 43.3. The van der Waals surface area contributed by atoms with Gasteiger partial charge in [-0.3, -0.25) is 0 Å². The number of benzene rings is 8. The predicted molar refractivity (Wildman–Crippen MR) is 271 cm³/mol. The molecule has 6 bridgehead atoms. The highest BCUT2D eigenvalue weighted by molar-refractivity contribution is 7.06. The number of hydrogen-bond donors (Lipinski definition) is 0. The van der Waals surface area contributed by atoms with Gasteiger partial charge in [0, 0.05) is 22.1 Å². The van der Waals surface area contributed by atoms with Crippen LogP contribution in [0.25, 0.3) is 89.8 Å². The van der Waals surface area contributed by atoms with Crippen LogP contribution in [-0.4, -0.2) is 23.0 Å². The van der Waals surface area contributed by atoms with Gasteiger partial charge in [0.15, 0.2) is 17.5 Å². The number of hydrogen-bond acceptors (Lipinski definition) is 3. The molecule has 1 aromatic heterocycles. The summed E-state index contributed by atoms with van der Waals surface area (Å²) >= 11 is 0. The first kappa shape index (κ1) is 37.2. The minimum atomic E-state index is -2.11. The minimum Gasteiger partial charge on any atom is -0.208 e. The van der Waals surface area contributed by atoms with E-state index in [-0.39, 0.29) is 5.41 Å². The van der Waals surface area contributed by atoms with E-state index < -0.39 is 8.07 Å². The van der Waals surface area contributed by atoms with E-state index in [1.54, 1.807) is 21.9 Å². The summed E-state index contributed by atoms with van der Waals surface area (Å²) in [6.07, 6.45) is 5.73. The van der Waals surface area contributed by atoms with Gasteiger partial charge in [-0.25, -0.2) is 15.0 Å². The second kappa shape index (κ2) is 13.5. The average Bonchev–Trinajstić information content (AvgIpc) is 3.82. The van der Waals surface area contributed by atoms with E-state index in [9.17, 15) is 0 Å². The second-order valence-electron chi connectivity index (χ2n) is 20.4. The van der Waals surface area contributed by atoms with Crippen molar-refractivity contribution < 1.29 is 0 Å². The number of nitrogens with zero attached hydrogens (tertiary/aromatic N) is 3. The largest absolute Gasteiger partial charge is 0.208 e. The lowest BCUT2D eigenvalue weighted by Crippen LogP contribution is -2.73. The number of aromatic nitrogens is 3. The molecule has 0 saturated heterocycles. The Hall–Kier alpha value is -7.01. The fourth-order valence-corrected chi connectivity index (χ4v) is 21.5. The number of rotatable bonds is 6. The Bertz CT molecular complexity index is 3490. The van der Waals surface area contributed by atoms with Gasteiger partial charge in [-0.2, -0.15) is 0 Å². The Morgan fingerprint density at radius 2 is 1.03 bits per heavy atom. The van der Waals surface area contributed by atoms with Crippen LogP contribution in [-0.2, 0) is 5.41 Å².